The fourth-order valence-electron chi connectivity index (χ4n) is 1.29. The Morgan fingerprint density at radius 2 is 1.78 bits per heavy atom. The summed E-state index contributed by atoms with van der Waals surface area (Å²) in [4.78, 5) is 8.04. The van der Waals surface area contributed by atoms with Crippen LogP contribution in [-0.4, -0.2) is 15.0 Å². The highest BCUT2D eigenvalue weighted by Crippen LogP contribution is 2.16. The van der Waals surface area contributed by atoms with Crippen molar-refractivity contribution in [3.8, 4) is 0 Å². The first-order valence-corrected chi connectivity index (χ1v) is 5.30. The third-order valence-corrected chi connectivity index (χ3v) is 2.25. The summed E-state index contributed by atoms with van der Waals surface area (Å²) in [5, 5.41) is 2.71. The maximum Gasteiger partial charge on any atom is 0.148 e. The van der Waals surface area contributed by atoms with E-state index in [0.29, 0.717) is 11.5 Å². The molecule has 0 unspecified atom stereocenters. The van der Waals surface area contributed by atoms with Crippen molar-refractivity contribution < 1.29 is 8.78 Å². The second kappa shape index (κ2) is 5.01. The molecule has 4 nitrogen and oxygen atoms in total. The van der Waals surface area contributed by atoms with Gasteiger partial charge in [-0.2, -0.15) is 0 Å². The van der Waals surface area contributed by atoms with Gasteiger partial charge in [0.15, 0.2) is 0 Å². The molecule has 1 aromatic heterocycles. The lowest BCUT2D eigenvalue weighted by atomic mass is 10.3. The smallest absolute Gasteiger partial charge is 0.148 e. The monoisotopic (exact) mass is 266 g/mol. The Morgan fingerprint density at radius 3 is 2.28 bits per heavy atom. The number of halogens is 2. The molecule has 0 fully saturated rings. The zero-order valence-electron chi connectivity index (χ0n) is 9.02. The lowest BCUT2D eigenvalue weighted by Gasteiger charge is -2.06. The van der Waals surface area contributed by atoms with Gasteiger partial charge in [-0.05, 0) is 12.1 Å². The van der Waals surface area contributed by atoms with Crippen molar-refractivity contribution in [2.75, 3.05) is 5.32 Å². The second-order valence-electron chi connectivity index (χ2n) is 3.43. The van der Waals surface area contributed by atoms with Gasteiger partial charge in [-0.1, -0.05) is 12.2 Å². The van der Waals surface area contributed by atoms with E-state index in [2.05, 4.69) is 15.3 Å². The molecule has 0 aliphatic rings. The van der Waals surface area contributed by atoms with Crippen LogP contribution < -0.4 is 11.1 Å². The summed E-state index contributed by atoms with van der Waals surface area (Å²) in [5.41, 5.74) is 5.98. The van der Waals surface area contributed by atoms with Crippen molar-refractivity contribution >= 4 is 28.7 Å². The summed E-state index contributed by atoms with van der Waals surface area (Å²) in [6, 6.07) is 3.07. The Morgan fingerprint density at radius 1 is 1.11 bits per heavy atom. The number of nitrogens with two attached hydrogens (primary N) is 1. The number of hydrogen-bond acceptors (Lipinski definition) is 4. The summed E-state index contributed by atoms with van der Waals surface area (Å²) in [7, 11) is 0. The summed E-state index contributed by atoms with van der Waals surface area (Å²) in [5.74, 6) is -1.02. The molecule has 0 aliphatic carbocycles. The van der Waals surface area contributed by atoms with Crippen molar-refractivity contribution in [3.05, 3.63) is 47.9 Å². The Labute approximate surface area is 107 Å². The van der Waals surface area contributed by atoms with Crippen LogP contribution in [0.25, 0.3) is 0 Å². The minimum absolute atomic E-state index is 0.130. The van der Waals surface area contributed by atoms with Crippen LogP contribution in [-0.2, 0) is 0 Å². The zero-order valence-corrected chi connectivity index (χ0v) is 9.84. The van der Waals surface area contributed by atoms with Crippen LogP contribution in [0, 0.1) is 11.6 Å². The van der Waals surface area contributed by atoms with Gasteiger partial charge >= 0.3 is 0 Å². The molecule has 0 saturated carbocycles. The Bertz CT molecular complexity index is 566. The van der Waals surface area contributed by atoms with E-state index in [1.165, 1.54) is 12.4 Å². The molecule has 0 amide bonds. The standard InChI is InChI=1S/C11H8F2N4S/c12-6-1-7(13)3-8(2-6)17-10-5-15-9(4-16-10)11(14)18/h1-5H,(H2,14,18)(H,16,17). The molecule has 18 heavy (non-hydrogen) atoms. The number of thiocarbonyl (C=S) groups is 1. The molecular formula is C11H8F2N4S. The van der Waals surface area contributed by atoms with Crippen LogP contribution in [0.2, 0.25) is 0 Å². The molecular weight excluding hydrogens is 258 g/mol. The second-order valence-corrected chi connectivity index (χ2v) is 3.87. The quantitative estimate of drug-likeness (QED) is 0.833. The summed E-state index contributed by atoms with van der Waals surface area (Å²) in [6.45, 7) is 0. The van der Waals surface area contributed by atoms with Gasteiger partial charge in [-0.15, -0.1) is 0 Å². The third-order valence-electron chi connectivity index (χ3n) is 2.04. The topological polar surface area (TPSA) is 63.8 Å². The van der Waals surface area contributed by atoms with Gasteiger partial charge in [-0.25, -0.2) is 18.7 Å². The van der Waals surface area contributed by atoms with Crippen LogP contribution >= 0.6 is 12.2 Å². The molecule has 0 radical (unpaired) electrons. The van der Waals surface area contributed by atoms with E-state index in [0.717, 1.165) is 18.2 Å². The largest absolute Gasteiger partial charge is 0.388 e. The van der Waals surface area contributed by atoms with Crippen LogP contribution in [0.4, 0.5) is 20.3 Å². The van der Waals surface area contributed by atoms with Crippen LogP contribution in [0.15, 0.2) is 30.6 Å². The van der Waals surface area contributed by atoms with E-state index in [1.807, 2.05) is 0 Å². The predicted molar refractivity (Wildman–Crippen MR) is 67.6 cm³/mol. The lowest BCUT2D eigenvalue weighted by Crippen LogP contribution is -2.12. The molecule has 0 atom stereocenters. The highest BCUT2D eigenvalue weighted by Gasteiger charge is 2.03. The molecule has 3 N–H and O–H groups in total. The van der Waals surface area contributed by atoms with E-state index in [9.17, 15) is 8.78 Å². The molecule has 1 aromatic carbocycles. The first-order valence-electron chi connectivity index (χ1n) is 4.89. The minimum atomic E-state index is -0.676. The number of benzene rings is 1. The molecule has 2 rings (SSSR count). The molecule has 2 aromatic rings. The first kappa shape index (κ1) is 12.3. The van der Waals surface area contributed by atoms with E-state index in [1.54, 1.807) is 0 Å². The molecule has 0 saturated heterocycles. The predicted octanol–water partition coefficient (Wildman–Crippen LogP) is 2.13. The van der Waals surface area contributed by atoms with Crippen molar-refractivity contribution in [2.45, 2.75) is 0 Å². The third kappa shape index (κ3) is 2.95. The SMILES string of the molecule is NC(=S)c1cnc(Nc2cc(F)cc(F)c2)cn1. The maximum absolute atomic E-state index is 13.0. The fraction of sp³-hybridized carbons (Fsp3) is 0. The highest BCUT2D eigenvalue weighted by molar-refractivity contribution is 7.80. The summed E-state index contributed by atoms with van der Waals surface area (Å²) in [6.07, 6.45) is 2.75. The minimum Gasteiger partial charge on any atom is -0.388 e. The average Bonchev–Trinajstić information content (AvgIpc) is 2.28. The van der Waals surface area contributed by atoms with Crippen molar-refractivity contribution in [3.63, 3.8) is 0 Å². The van der Waals surface area contributed by atoms with Gasteiger partial charge in [-0.3, -0.25) is 0 Å². The van der Waals surface area contributed by atoms with Gasteiger partial charge in [0, 0.05) is 11.8 Å². The number of nitrogens with one attached hydrogen (secondary N) is 1. The van der Waals surface area contributed by atoms with Crippen LogP contribution in [0.1, 0.15) is 5.69 Å². The fourth-order valence-corrected chi connectivity index (χ4v) is 1.40. The number of hydrogen-bond donors (Lipinski definition) is 2. The molecule has 0 bridgehead atoms. The number of aromatic nitrogens is 2. The maximum atomic E-state index is 13.0. The van der Waals surface area contributed by atoms with Gasteiger partial charge in [0.2, 0.25) is 0 Å². The summed E-state index contributed by atoms with van der Waals surface area (Å²) >= 11 is 4.72. The van der Waals surface area contributed by atoms with Crippen molar-refractivity contribution in [1.29, 1.82) is 0 Å². The molecule has 7 heteroatoms. The number of rotatable bonds is 3. The number of anilines is 2. The number of nitrogens with zero attached hydrogens (tertiary/aromatic N) is 2. The van der Waals surface area contributed by atoms with Gasteiger partial charge < -0.3 is 11.1 Å². The van der Waals surface area contributed by atoms with Crippen molar-refractivity contribution in [2.24, 2.45) is 5.73 Å². The van der Waals surface area contributed by atoms with E-state index in [4.69, 9.17) is 18.0 Å². The van der Waals surface area contributed by atoms with Crippen LogP contribution in [0.3, 0.4) is 0 Å². The van der Waals surface area contributed by atoms with Gasteiger partial charge in [0.05, 0.1) is 12.4 Å². The van der Waals surface area contributed by atoms with Crippen molar-refractivity contribution in [1.82, 2.24) is 9.97 Å². The lowest BCUT2D eigenvalue weighted by molar-refractivity contribution is 0.584. The first-order chi connectivity index (χ1) is 8.54. The summed E-state index contributed by atoms with van der Waals surface area (Å²) < 4.78 is 25.9. The molecule has 92 valence electrons. The van der Waals surface area contributed by atoms with Gasteiger partial charge in [0.25, 0.3) is 0 Å². The van der Waals surface area contributed by atoms with E-state index in [-0.39, 0.29) is 10.7 Å². The average molecular weight is 266 g/mol. The Hall–Kier alpha value is -2.15. The Balaban J connectivity index is 2.20. The zero-order chi connectivity index (χ0) is 13.1. The molecule has 0 spiro atoms. The normalized spacial score (nSPS) is 10.1. The Kier molecular flexibility index (Phi) is 3.42. The highest BCUT2D eigenvalue weighted by atomic mass is 32.1. The van der Waals surface area contributed by atoms with E-state index < -0.39 is 11.6 Å². The van der Waals surface area contributed by atoms with Gasteiger partial charge in [0.1, 0.15) is 28.1 Å². The molecule has 1 heterocycles. The van der Waals surface area contributed by atoms with Crippen LogP contribution in [0.5, 0.6) is 0 Å². The molecule has 0 aliphatic heterocycles. The van der Waals surface area contributed by atoms with E-state index >= 15 is 0 Å².